The quantitative estimate of drug-likeness (QED) is 0.824. The molecule has 7 heteroatoms. The molecule has 2 saturated heterocycles. The standard InChI is InChI=1S/C19H25N3O4/c1-2-25-19(24)22-10-15-8-21(9-16(15)11-22)12-17(23)13-26-18-5-3-14(7-20)4-6-18/h3-6,15-17,23H,2,8-13H2,1H3/t15?,16?,17-/m0/s1. The lowest BCUT2D eigenvalue weighted by Crippen LogP contribution is -2.37. The van der Waals surface area contributed by atoms with Crippen molar-refractivity contribution < 1.29 is 19.4 Å². The van der Waals surface area contributed by atoms with E-state index in [-0.39, 0.29) is 12.7 Å². The van der Waals surface area contributed by atoms with Gasteiger partial charge in [0.1, 0.15) is 18.5 Å². The van der Waals surface area contributed by atoms with Gasteiger partial charge in [-0.15, -0.1) is 0 Å². The van der Waals surface area contributed by atoms with Crippen molar-refractivity contribution in [2.75, 3.05) is 45.9 Å². The van der Waals surface area contributed by atoms with Crippen LogP contribution in [-0.2, 0) is 4.74 Å². The molecule has 2 fully saturated rings. The average molecular weight is 359 g/mol. The summed E-state index contributed by atoms with van der Waals surface area (Å²) in [6, 6.07) is 8.91. The zero-order chi connectivity index (χ0) is 18.5. The number of aliphatic hydroxyl groups is 1. The van der Waals surface area contributed by atoms with Crippen LogP contribution in [0.3, 0.4) is 0 Å². The van der Waals surface area contributed by atoms with E-state index in [1.54, 1.807) is 29.2 Å². The average Bonchev–Trinajstić information content (AvgIpc) is 3.19. The van der Waals surface area contributed by atoms with E-state index in [4.69, 9.17) is 14.7 Å². The molecule has 0 bridgehead atoms. The highest BCUT2D eigenvalue weighted by atomic mass is 16.6. The Morgan fingerprint density at radius 1 is 1.27 bits per heavy atom. The number of β-amino-alcohol motifs (C(OH)–C–C–N with tert-alkyl or cyclic N) is 1. The summed E-state index contributed by atoms with van der Waals surface area (Å²) >= 11 is 0. The van der Waals surface area contributed by atoms with E-state index in [1.165, 1.54) is 0 Å². The summed E-state index contributed by atoms with van der Waals surface area (Å²) in [4.78, 5) is 15.8. The molecule has 1 N–H and O–H groups in total. The van der Waals surface area contributed by atoms with Gasteiger partial charge < -0.3 is 19.5 Å². The second-order valence-electron chi connectivity index (χ2n) is 6.94. The zero-order valence-corrected chi connectivity index (χ0v) is 15.0. The number of ether oxygens (including phenoxy) is 2. The molecule has 1 amide bonds. The maximum atomic E-state index is 11.8. The number of carbonyl (C=O) groups excluding carboxylic acids is 1. The summed E-state index contributed by atoms with van der Waals surface area (Å²) in [7, 11) is 0. The molecule has 26 heavy (non-hydrogen) atoms. The molecule has 0 radical (unpaired) electrons. The van der Waals surface area contributed by atoms with Crippen molar-refractivity contribution in [3.63, 3.8) is 0 Å². The van der Waals surface area contributed by atoms with Crippen molar-refractivity contribution in [3.8, 4) is 11.8 Å². The molecule has 0 aromatic heterocycles. The van der Waals surface area contributed by atoms with Gasteiger partial charge in [0.25, 0.3) is 0 Å². The van der Waals surface area contributed by atoms with E-state index in [0.717, 1.165) is 26.2 Å². The summed E-state index contributed by atoms with van der Waals surface area (Å²) in [5, 5.41) is 19.0. The highest BCUT2D eigenvalue weighted by Crippen LogP contribution is 2.31. The fourth-order valence-electron chi connectivity index (χ4n) is 3.77. The first kappa shape index (κ1) is 18.5. The van der Waals surface area contributed by atoms with Crippen LogP contribution in [0.25, 0.3) is 0 Å². The largest absolute Gasteiger partial charge is 0.491 e. The number of hydrogen-bond donors (Lipinski definition) is 1. The van der Waals surface area contributed by atoms with Crippen molar-refractivity contribution in [1.82, 2.24) is 9.80 Å². The van der Waals surface area contributed by atoms with Gasteiger partial charge in [0, 0.05) is 32.7 Å². The highest BCUT2D eigenvalue weighted by molar-refractivity contribution is 5.68. The van der Waals surface area contributed by atoms with E-state index in [1.807, 2.05) is 6.92 Å². The van der Waals surface area contributed by atoms with E-state index < -0.39 is 6.10 Å². The Balaban J connectivity index is 1.39. The van der Waals surface area contributed by atoms with Gasteiger partial charge in [0.2, 0.25) is 0 Å². The Morgan fingerprint density at radius 3 is 2.50 bits per heavy atom. The SMILES string of the molecule is CCOC(=O)N1CC2CN(C[C@H](O)COc3ccc(C#N)cc3)CC2C1. The first-order valence-corrected chi connectivity index (χ1v) is 9.04. The molecule has 1 aromatic carbocycles. The highest BCUT2D eigenvalue weighted by Gasteiger charge is 2.42. The topological polar surface area (TPSA) is 86.0 Å². The molecule has 2 heterocycles. The molecule has 0 aliphatic carbocycles. The molecule has 0 spiro atoms. The van der Waals surface area contributed by atoms with Gasteiger partial charge in [-0.1, -0.05) is 0 Å². The van der Waals surface area contributed by atoms with Crippen LogP contribution >= 0.6 is 0 Å². The smallest absolute Gasteiger partial charge is 0.409 e. The van der Waals surface area contributed by atoms with Gasteiger partial charge in [-0.3, -0.25) is 4.90 Å². The van der Waals surface area contributed by atoms with Crippen LogP contribution in [0.4, 0.5) is 4.79 Å². The van der Waals surface area contributed by atoms with Gasteiger partial charge in [-0.25, -0.2) is 4.79 Å². The number of rotatable bonds is 6. The second-order valence-corrected chi connectivity index (χ2v) is 6.94. The number of amides is 1. The molecular weight excluding hydrogens is 334 g/mol. The fourth-order valence-corrected chi connectivity index (χ4v) is 3.77. The molecular formula is C19H25N3O4. The maximum absolute atomic E-state index is 11.8. The summed E-state index contributed by atoms with van der Waals surface area (Å²) in [6.45, 7) is 6.23. The summed E-state index contributed by atoms with van der Waals surface area (Å²) < 4.78 is 10.7. The van der Waals surface area contributed by atoms with Crippen molar-refractivity contribution in [2.45, 2.75) is 13.0 Å². The Labute approximate surface area is 153 Å². The number of likely N-dealkylation sites (tertiary alicyclic amines) is 2. The second kappa shape index (κ2) is 8.39. The van der Waals surface area contributed by atoms with Crippen LogP contribution < -0.4 is 4.74 Å². The molecule has 7 nitrogen and oxygen atoms in total. The summed E-state index contributed by atoms with van der Waals surface area (Å²) in [5.74, 6) is 1.54. The third-order valence-corrected chi connectivity index (χ3v) is 4.98. The van der Waals surface area contributed by atoms with Gasteiger partial charge in [-0.05, 0) is 43.0 Å². The van der Waals surface area contributed by atoms with E-state index in [9.17, 15) is 9.90 Å². The first-order valence-electron chi connectivity index (χ1n) is 9.04. The van der Waals surface area contributed by atoms with Crippen LogP contribution in [-0.4, -0.2) is 73.0 Å². The fraction of sp³-hybridized carbons (Fsp3) is 0.579. The number of fused-ring (bicyclic) bond motifs is 1. The van der Waals surface area contributed by atoms with E-state index in [2.05, 4.69) is 11.0 Å². The summed E-state index contributed by atoms with van der Waals surface area (Å²) in [6.07, 6.45) is -0.796. The van der Waals surface area contributed by atoms with Crippen molar-refractivity contribution >= 4 is 6.09 Å². The Kier molecular flexibility index (Phi) is 5.96. The minimum atomic E-state index is -0.578. The van der Waals surface area contributed by atoms with Crippen LogP contribution in [0, 0.1) is 23.2 Å². The number of hydrogen-bond acceptors (Lipinski definition) is 6. The number of carbonyl (C=O) groups is 1. The zero-order valence-electron chi connectivity index (χ0n) is 15.0. The van der Waals surface area contributed by atoms with Crippen molar-refractivity contribution in [3.05, 3.63) is 29.8 Å². The molecule has 0 saturated carbocycles. The third kappa shape index (κ3) is 4.45. The van der Waals surface area contributed by atoms with Crippen LogP contribution in [0.2, 0.25) is 0 Å². The molecule has 140 valence electrons. The number of aliphatic hydroxyl groups excluding tert-OH is 1. The van der Waals surface area contributed by atoms with Crippen molar-refractivity contribution in [2.24, 2.45) is 11.8 Å². The minimum absolute atomic E-state index is 0.215. The normalized spacial score (nSPS) is 23.3. The Morgan fingerprint density at radius 2 is 1.92 bits per heavy atom. The number of benzene rings is 1. The number of nitriles is 1. The predicted molar refractivity (Wildman–Crippen MR) is 94.7 cm³/mol. The monoisotopic (exact) mass is 359 g/mol. The number of nitrogens with zero attached hydrogens (tertiary/aromatic N) is 3. The first-order chi connectivity index (χ1) is 12.6. The predicted octanol–water partition coefficient (Wildman–Crippen LogP) is 1.32. The lowest BCUT2D eigenvalue weighted by atomic mass is 10.0. The minimum Gasteiger partial charge on any atom is -0.491 e. The van der Waals surface area contributed by atoms with Crippen LogP contribution in [0.1, 0.15) is 12.5 Å². The van der Waals surface area contributed by atoms with Gasteiger partial charge in [-0.2, -0.15) is 5.26 Å². The lowest BCUT2D eigenvalue weighted by Gasteiger charge is -2.23. The van der Waals surface area contributed by atoms with Gasteiger partial charge >= 0.3 is 6.09 Å². The molecule has 2 aliphatic rings. The molecule has 2 unspecified atom stereocenters. The van der Waals surface area contributed by atoms with E-state index >= 15 is 0 Å². The van der Waals surface area contributed by atoms with Crippen molar-refractivity contribution in [1.29, 1.82) is 5.26 Å². The third-order valence-electron chi connectivity index (χ3n) is 4.98. The Hall–Kier alpha value is -2.30. The van der Waals surface area contributed by atoms with Gasteiger partial charge in [0.15, 0.2) is 0 Å². The Bertz CT molecular complexity index is 644. The lowest BCUT2D eigenvalue weighted by molar-refractivity contribution is 0.0707. The van der Waals surface area contributed by atoms with Gasteiger partial charge in [0.05, 0.1) is 18.2 Å². The molecule has 3 rings (SSSR count). The molecule has 1 aromatic rings. The van der Waals surface area contributed by atoms with Crippen LogP contribution in [0.15, 0.2) is 24.3 Å². The van der Waals surface area contributed by atoms with Crippen LogP contribution in [0.5, 0.6) is 5.75 Å². The molecule has 2 aliphatic heterocycles. The molecule has 3 atom stereocenters. The maximum Gasteiger partial charge on any atom is 0.409 e. The van der Waals surface area contributed by atoms with E-state index in [0.29, 0.717) is 36.3 Å². The summed E-state index contributed by atoms with van der Waals surface area (Å²) in [5.41, 5.74) is 0.582.